The van der Waals surface area contributed by atoms with E-state index in [0.29, 0.717) is 26.1 Å². The van der Waals surface area contributed by atoms with Gasteiger partial charge in [0.25, 0.3) is 0 Å². The minimum absolute atomic E-state index is 0.0909. The number of rotatable bonds is 8. The van der Waals surface area contributed by atoms with Crippen molar-refractivity contribution in [2.75, 3.05) is 45.9 Å². The summed E-state index contributed by atoms with van der Waals surface area (Å²) >= 11 is 0. The molecule has 0 spiro atoms. The van der Waals surface area contributed by atoms with Crippen molar-refractivity contribution in [1.82, 2.24) is 9.80 Å². The lowest BCUT2D eigenvalue weighted by molar-refractivity contribution is -0.174. The van der Waals surface area contributed by atoms with Gasteiger partial charge in [0, 0.05) is 39.3 Å². The van der Waals surface area contributed by atoms with Crippen LogP contribution in [0.4, 0.5) is 13.2 Å². The molecule has 1 aromatic carbocycles. The minimum Gasteiger partial charge on any atom is -0.372 e. The van der Waals surface area contributed by atoms with Crippen LogP contribution in [-0.2, 0) is 9.53 Å². The molecule has 1 heterocycles. The molecular weight excluding hydrogens is 335 g/mol. The smallest absolute Gasteiger partial charge is 0.372 e. The van der Waals surface area contributed by atoms with Crippen molar-refractivity contribution >= 4 is 5.91 Å². The molecule has 1 atom stereocenters. The standard InChI is InChI=1S/C17H24F3N3O2/c18-17(19,20)13-25-12-4-7-22-8-10-23(11-9-22)15(16(21)24)14-5-2-1-3-6-14/h1-3,5-6,15H,4,7-13H2,(H2,21,24). The number of ether oxygens (including phenoxy) is 1. The highest BCUT2D eigenvalue weighted by Gasteiger charge is 2.29. The van der Waals surface area contributed by atoms with E-state index in [4.69, 9.17) is 5.73 Å². The number of nitrogens with two attached hydrogens (primary N) is 1. The highest BCUT2D eigenvalue weighted by Crippen LogP contribution is 2.22. The summed E-state index contributed by atoms with van der Waals surface area (Å²) in [4.78, 5) is 16.1. The molecule has 1 unspecified atom stereocenters. The van der Waals surface area contributed by atoms with Gasteiger partial charge in [-0.15, -0.1) is 0 Å². The third-order valence-corrected chi connectivity index (χ3v) is 4.19. The fraction of sp³-hybridized carbons (Fsp3) is 0.588. The van der Waals surface area contributed by atoms with Gasteiger partial charge in [-0.2, -0.15) is 13.2 Å². The summed E-state index contributed by atoms with van der Waals surface area (Å²) in [6.45, 7) is 2.44. The number of piperazine rings is 1. The Balaban J connectivity index is 1.74. The molecule has 0 aromatic heterocycles. The Kier molecular flexibility index (Phi) is 7.22. The second-order valence-corrected chi connectivity index (χ2v) is 6.11. The summed E-state index contributed by atoms with van der Waals surface area (Å²) in [6.07, 6.45) is -3.72. The topological polar surface area (TPSA) is 58.8 Å². The predicted octanol–water partition coefficient (Wildman–Crippen LogP) is 1.80. The molecule has 25 heavy (non-hydrogen) atoms. The van der Waals surface area contributed by atoms with Gasteiger partial charge in [-0.1, -0.05) is 30.3 Å². The lowest BCUT2D eigenvalue weighted by atomic mass is 10.0. The molecule has 1 aromatic rings. The number of hydrogen-bond donors (Lipinski definition) is 1. The quantitative estimate of drug-likeness (QED) is 0.719. The second-order valence-electron chi connectivity index (χ2n) is 6.11. The summed E-state index contributed by atoms with van der Waals surface area (Å²) in [6, 6.07) is 8.98. The normalized spacial score (nSPS) is 18.2. The minimum atomic E-state index is -4.27. The highest BCUT2D eigenvalue weighted by atomic mass is 19.4. The van der Waals surface area contributed by atoms with Crippen LogP contribution in [-0.4, -0.2) is 67.8 Å². The van der Waals surface area contributed by atoms with Crippen molar-refractivity contribution in [2.45, 2.75) is 18.6 Å². The average Bonchev–Trinajstić information content (AvgIpc) is 2.56. The third kappa shape index (κ3) is 6.64. The first kappa shape index (κ1) is 19.7. The summed E-state index contributed by atoms with van der Waals surface area (Å²) in [7, 11) is 0. The van der Waals surface area contributed by atoms with Crippen LogP contribution in [0.25, 0.3) is 0 Å². The van der Waals surface area contributed by atoms with Crippen LogP contribution in [0.3, 0.4) is 0 Å². The Hall–Kier alpha value is -1.64. The van der Waals surface area contributed by atoms with Crippen LogP contribution >= 0.6 is 0 Å². The fourth-order valence-corrected chi connectivity index (χ4v) is 3.01. The molecule has 0 bridgehead atoms. The van der Waals surface area contributed by atoms with E-state index in [2.05, 4.69) is 9.64 Å². The zero-order valence-electron chi connectivity index (χ0n) is 14.0. The summed E-state index contributed by atoms with van der Waals surface area (Å²) < 4.78 is 40.6. The first-order chi connectivity index (χ1) is 11.9. The molecular formula is C17H24F3N3O2. The fourth-order valence-electron chi connectivity index (χ4n) is 3.01. The Labute approximate surface area is 145 Å². The maximum absolute atomic E-state index is 12.0. The molecule has 2 rings (SSSR count). The summed E-state index contributed by atoms with van der Waals surface area (Å²) in [5.41, 5.74) is 6.46. The Morgan fingerprint density at radius 1 is 1.16 bits per heavy atom. The monoisotopic (exact) mass is 359 g/mol. The number of halogens is 3. The molecule has 8 heteroatoms. The van der Waals surface area contributed by atoms with E-state index >= 15 is 0 Å². The molecule has 0 aliphatic carbocycles. The van der Waals surface area contributed by atoms with Gasteiger partial charge in [-0.25, -0.2) is 0 Å². The number of hydrogen-bond acceptors (Lipinski definition) is 4. The first-order valence-electron chi connectivity index (χ1n) is 8.32. The zero-order chi connectivity index (χ0) is 18.3. The van der Waals surface area contributed by atoms with Gasteiger partial charge in [0.05, 0.1) is 0 Å². The van der Waals surface area contributed by atoms with Gasteiger partial charge in [-0.3, -0.25) is 9.69 Å². The number of primary amides is 1. The molecule has 5 nitrogen and oxygen atoms in total. The highest BCUT2D eigenvalue weighted by molar-refractivity contribution is 5.81. The van der Waals surface area contributed by atoms with Crippen molar-refractivity contribution in [3.8, 4) is 0 Å². The van der Waals surface area contributed by atoms with E-state index in [9.17, 15) is 18.0 Å². The van der Waals surface area contributed by atoms with Gasteiger partial charge in [0.2, 0.25) is 5.91 Å². The predicted molar refractivity (Wildman–Crippen MR) is 87.9 cm³/mol. The average molecular weight is 359 g/mol. The molecule has 140 valence electrons. The van der Waals surface area contributed by atoms with Gasteiger partial charge in [0.1, 0.15) is 12.6 Å². The molecule has 0 radical (unpaired) electrons. The van der Waals surface area contributed by atoms with Gasteiger partial charge >= 0.3 is 6.18 Å². The molecule has 1 aliphatic rings. The lowest BCUT2D eigenvalue weighted by Gasteiger charge is -2.38. The third-order valence-electron chi connectivity index (χ3n) is 4.19. The van der Waals surface area contributed by atoms with E-state index in [1.165, 1.54) is 0 Å². The molecule has 1 fully saturated rings. The largest absolute Gasteiger partial charge is 0.411 e. The SMILES string of the molecule is NC(=O)C(c1ccccc1)N1CCN(CCCOCC(F)(F)F)CC1. The molecule has 1 saturated heterocycles. The molecule has 2 N–H and O–H groups in total. The van der Waals surface area contributed by atoms with Crippen LogP contribution < -0.4 is 5.73 Å². The Morgan fingerprint density at radius 3 is 2.36 bits per heavy atom. The zero-order valence-corrected chi connectivity index (χ0v) is 14.0. The van der Waals surface area contributed by atoms with Gasteiger partial charge < -0.3 is 15.4 Å². The number of amides is 1. The number of nitrogens with zero attached hydrogens (tertiary/aromatic N) is 2. The summed E-state index contributed by atoms with van der Waals surface area (Å²) in [5, 5.41) is 0. The summed E-state index contributed by atoms with van der Waals surface area (Å²) in [5.74, 6) is -0.375. The van der Waals surface area contributed by atoms with Crippen molar-refractivity contribution in [1.29, 1.82) is 0 Å². The lowest BCUT2D eigenvalue weighted by Crippen LogP contribution is -2.50. The second kappa shape index (κ2) is 9.17. The molecule has 0 saturated carbocycles. The van der Waals surface area contributed by atoms with E-state index in [0.717, 1.165) is 18.7 Å². The van der Waals surface area contributed by atoms with Crippen LogP contribution in [0, 0.1) is 0 Å². The Morgan fingerprint density at radius 2 is 1.80 bits per heavy atom. The van der Waals surface area contributed by atoms with Crippen LogP contribution in [0.1, 0.15) is 18.0 Å². The van der Waals surface area contributed by atoms with Crippen molar-refractivity contribution in [2.24, 2.45) is 5.73 Å². The van der Waals surface area contributed by atoms with Crippen molar-refractivity contribution < 1.29 is 22.7 Å². The van der Waals surface area contributed by atoms with E-state index < -0.39 is 18.8 Å². The van der Waals surface area contributed by atoms with Crippen LogP contribution in [0.15, 0.2) is 30.3 Å². The Bertz CT molecular complexity index is 532. The van der Waals surface area contributed by atoms with Crippen molar-refractivity contribution in [3.63, 3.8) is 0 Å². The van der Waals surface area contributed by atoms with E-state index in [-0.39, 0.29) is 12.5 Å². The van der Waals surface area contributed by atoms with Crippen LogP contribution in [0.5, 0.6) is 0 Å². The van der Waals surface area contributed by atoms with E-state index in [1.54, 1.807) is 0 Å². The molecule has 1 aliphatic heterocycles. The van der Waals surface area contributed by atoms with Crippen molar-refractivity contribution in [3.05, 3.63) is 35.9 Å². The molecule has 1 amide bonds. The number of alkyl halides is 3. The number of carbonyl (C=O) groups is 1. The number of carbonyl (C=O) groups excluding carboxylic acids is 1. The maximum Gasteiger partial charge on any atom is 0.411 e. The van der Waals surface area contributed by atoms with Gasteiger partial charge in [0.15, 0.2) is 0 Å². The number of benzene rings is 1. The first-order valence-corrected chi connectivity index (χ1v) is 8.32. The van der Waals surface area contributed by atoms with Gasteiger partial charge in [-0.05, 0) is 12.0 Å². The maximum atomic E-state index is 12.0. The van der Waals surface area contributed by atoms with E-state index in [1.807, 2.05) is 35.2 Å². The van der Waals surface area contributed by atoms with Crippen LogP contribution in [0.2, 0.25) is 0 Å².